The van der Waals surface area contributed by atoms with Gasteiger partial charge in [-0.15, -0.1) is 0 Å². The number of anilines is 1. The molecule has 0 N–H and O–H groups in total. The molecule has 0 aliphatic carbocycles. The van der Waals surface area contributed by atoms with E-state index in [4.69, 9.17) is 14.2 Å². The maximum atomic E-state index is 7.45. The van der Waals surface area contributed by atoms with Gasteiger partial charge < -0.3 is 19.1 Å². The average Bonchev–Trinajstić information content (AvgIpc) is 3.25. The van der Waals surface area contributed by atoms with Gasteiger partial charge in [-0.05, 0) is 112 Å². The van der Waals surface area contributed by atoms with Crippen LogP contribution in [0.1, 0.15) is 82.6 Å². The lowest BCUT2D eigenvalue weighted by molar-refractivity contribution is 0.122. The van der Waals surface area contributed by atoms with E-state index in [9.17, 15) is 0 Å². The predicted octanol–water partition coefficient (Wildman–Crippen LogP) is 13.5. The van der Waals surface area contributed by atoms with Crippen molar-refractivity contribution in [2.45, 2.75) is 72.3 Å². The molecular weight excluding hydrogens is 711 g/mol. The van der Waals surface area contributed by atoms with Gasteiger partial charge in [0.2, 0.25) is 0 Å². The van der Waals surface area contributed by atoms with Crippen LogP contribution in [0.15, 0.2) is 133 Å². The van der Waals surface area contributed by atoms with Crippen molar-refractivity contribution in [1.29, 1.82) is 0 Å². The van der Waals surface area contributed by atoms with Gasteiger partial charge in [-0.2, -0.15) is 0 Å². The first-order chi connectivity index (χ1) is 28.1. The number of aryl methyl sites for hydroxylation is 1. The van der Waals surface area contributed by atoms with Crippen LogP contribution in [0.5, 0.6) is 11.5 Å². The Labute approximate surface area is 346 Å². The van der Waals surface area contributed by atoms with Crippen LogP contribution in [-0.2, 0) is 16.8 Å². The van der Waals surface area contributed by atoms with E-state index in [1.54, 1.807) is 7.11 Å². The lowest BCUT2D eigenvalue weighted by atomic mass is 9.70. The molecule has 58 heavy (non-hydrogen) atoms. The quantitative estimate of drug-likeness (QED) is 0.117. The third-order valence-electron chi connectivity index (χ3n) is 12.4. The second kappa shape index (κ2) is 16.5. The number of fused-ring (bicyclic) bond motifs is 3. The Morgan fingerprint density at radius 2 is 1.29 bits per heavy atom. The molecular formula is C54H59NO3. The highest BCUT2D eigenvalue weighted by molar-refractivity contribution is 6.06. The molecule has 0 spiro atoms. The average molecular weight is 770 g/mol. The highest BCUT2D eigenvalue weighted by Crippen LogP contribution is 2.50. The van der Waals surface area contributed by atoms with Gasteiger partial charge in [0, 0.05) is 40.9 Å². The molecule has 0 radical (unpaired) electrons. The molecule has 1 fully saturated rings. The normalized spacial score (nSPS) is 16.9. The zero-order valence-electron chi connectivity index (χ0n) is 35.3. The molecule has 0 bridgehead atoms. The minimum Gasteiger partial charge on any atom is -0.497 e. The topological polar surface area (TPSA) is 30.9 Å². The number of rotatable bonds is 13. The van der Waals surface area contributed by atoms with Crippen LogP contribution in [0.2, 0.25) is 0 Å². The van der Waals surface area contributed by atoms with Gasteiger partial charge in [0.05, 0.1) is 20.3 Å². The standard InChI is InChI=1S/C54H59NO3/c1-7-29-52(2,3)38-53(4,5)30-27-39-15-11-12-18-45(39)46-19-13-14-20-47(46)49-36-40-28-31-54(41-16-9-8-10-17-41,58-51(40)50-37-44(56-6)25-26-48(49)50)42-21-23-43(24-22-42)55-32-34-57-35-33-55/h8-26,28,31,36-37H,7,27,29-30,32-35,38H2,1-6H3. The molecule has 298 valence electrons. The van der Waals surface area contributed by atoms with Crippen LogP contribution in [0.4, 0.5) is 5.69 Å². The van der Waals surface area contributed by atoms with E-state index in [0.717, 1.165) is 78.1 Å². The van der Waals surface area contributed by atoms with Crippen molar-refractivity contribution >= 4 is 22.5 Å². The van der Waals surface area contributed by atoms with Crippen molar-refractivity contribution in [1.82, 2.24) is 0 Å². The fourth-order valence-electron chi connectivity index (χ4n) is 9.87. The van der Waals surface area contributed by atoms with Crippen LogP contribution < -0.4 is 14.4 Å². The molecule has 6 aromatic rings. The summed E-state index contributed by atoms with van der Waals surface area (Å²) in [5, 5.41) is 2.16. The maximum Gasteiger partial charge on any atom is 0.178 e. The van der Waals surface area contributed by atoms with E-state index >= 15 is 0 Å². The Morgan fingerprint density at radius 1 is 0.655 bits per heavy atom. The van der Waals surface area contributed by atoms with E-state index in [1.807, 2.05) is 0 Å². The molecule has 1 saturated heterocycles. The molecule has 8 rings (SSSR count). The van der Waals surface area contributed by atoms with E-state index < -0.39 is 5.60 Å². The zero-order chi connectivity index (χ0) is 40.3. The van der Waals surface area contributed by atoms with Crippen molar-refractivity contribution < 1.29 is 14.2 Å². The van der Waals surface area contributed by atoms with Crippen LogP contribution in [0.25, 0.3) is 39.1 Å². The lowest BCUT2D eigenvalue weighted by Crippen LogP contribution is -2.36. The van der Waals surface area contributed by atoms with Gasteiger partial charge in [-0.25, -0.2) is 0 Å². The second-order valence-corrected chi connectivity index (χ2v) is 17.9. The monoisotopic (exact) mass is 769 g/mol. The number of hydrogen-bond acceptors (Lipinski definition) is 4. The van der Waals surface area contributed by atoms with Gasteiger partial charge in [0.25, 0.3) is 0 Å². The van der Waals surface area contributed by atoms with E-state index in [-0.39, 0.29) is 5.41 Å². The summed E-state index contributed by atoms with van der Waals surface area (Å²) in [5.41, 5.74) is 10.5. The van der Waals surface area contributed by atoms with Crippen LogP contribution in [-0.4, -0.2) is 33.4 Å². The second-order valence-electron chi connectivity index (χ2n) is 17.9. The van der Waals surface area contributed by atoms with E-state index in [2.05, 4.69) is 179 Å². The highest BCUT2D eigenvalue weighted by Gasteiger charge is 2.38. The van der Waals surface area contributed by atoms with Crippen LogP contribution >= 0.6 is 0 Å². The fourth-order valence-corrected chi connectivity index (χ4v) is 9.87. The Balaban J connectivity index is 1.21. The molecule has 1 atom stereocenters. The molecule has 2 heterocycles. The van der Waals surface area contributed by atoms with Gasteiger partial charge in [0.15, 0.2) is 5.60 Å². The Kier molecular flexibility index (Phi) is 11.2. The summed E-state index contributed by atoms with van der Waals surface area (Å²) in [6, 6.07) is 46.2. The fraction of sp³-hybridized carbons (Fsp3) is 0.333. The van der Waals surface area contributed by atoms with Gasteiger partial charge in [0.1, 0.15) is 11.5 Å². The number of nitrogens with zero attached hydrogens (tertiary/aromatic N) is 1. The number of ether oxygens (including phenoxy) is 3. The van der Waals surface area contributed by atoms with Crippen molar-refractivity contribution in [3.8, 4) is 33.8 Å². The summed E-state index contributed by atoms with van der Waals surface area (Å²) >= 11 is 0. The van der Waals surface area contributed by atoms with Crippen molar-refractivity contribution in [2.75, 3.05) is 38.3 Å². The third kappa shape index (κ3) is 8.05. The summed E-state index contributed by atoms with van der Waals surface area (Å²) in [7, 11) is 1.74. The summed E-state index contributed by atoms with van der Waals surface area (Å²) in [5.74, 6) is 1.65. The largest absolute Gasteiger partial charge is 0.497 e. The first-order valence-corrected chi connectivity index (χ1v) is 21.3. The zero-order valence-corrected chi connectivity index (χ0v) is 35.3. The molecule has 0 saturated carbocycles. The Morgan fingerprint density at radius 3 is 2.00 bits per heavy atom. The van der Waals surface area contributed by atoms with E-state index in [0.29, 0.717) is 5.41 Å². The summed E-state index contributed by atoms with van der Waals surface area (Å²) in [6.45, 7) is 15.4. The molecule has 4 nitrogen and oxygen atoms in total. The molecule has 0 amide bonds. The van der Waals surface area contributed by atoms with Gasteiger partial charge >= 0.3 is 0 Å². The van der Waals surface area contributed by atoms with Crippen molar-refractivity contribution in [3.63, 3.8) is 0 Å². The van der Waals surface area contributed by atoms with Gasteiger partial charge in [-0.1, -0.05) is 138 Å². The minimum atomic E-state index is -0.828. The van der Waals surface area contributed by atoms with Crippen LogP contribution in [0.3, 0.4) is 0 Å². The summed E-state index contributed by atoms with van der Waals surface area (Å²) in [6.07, 6.45) is 10.4. The summed E-state index contributed by atoms with van der Waals surface area (Å²) in [4.78, 5) is 2.39. The molecule has 1 unspecified atom stereocenters. The summed E-state index contributed by atoms with van der Waals surface area (Å²) < 4.78 is 19.0. The molecule has 2 aliphatic heterocycles. The first-order valence-electron chi connectivity index (χ1n) is 21.3. The van der Waals surface area contributed by atoms with Crippen molar-refractivity contribution in [3.05, 3.63) is 156 Å². The Hall–Kier alpha value is -5.32. The molecule has 0 aromatic heterocycles. The van der Waals surface area contributed by atoms with Crippen molar-refractivity contribution in [2.24, 2.45) is 10.8 Å². The van der Waals surface area contributed by atoms with Crippen LogP contribution in [0, 0.1) is 10.8 Å². The predicted molar refractivity (Wildman–Crippen MR) is 243 cm³/mol. The highest BCUT2D eigenvalue weighted by atomic mass is 16.5. The number of benzene rings is 6. The number of morpholine rings is 1. The maximum absolute atomic E-state index is 7.45. The Bertz CT molecular complexity index is 2390. The molecule has 6 aromatic carbocycles. The lowest BCUT2D eigenvalue weighted by Gasteiger charge is -2.37. The SMILES string of the molecule is CCCC(C)(C)CC(C)(C)CCc1ccccc1-c1ccccc1-c1cc2c(c3cc(OC)ccc13)OC(c1ccccc1)(c1ccc(N3CCOCC3)cc1)C=C2. The molecule has 2 aliphatic rings. The third-order valence-corrected chi connectivity index (χ3v) is 12.4. The molecule has 4 heteroatoms. The number of hydrogen-bond donors (Lipinski definition) is 0. The van der Waals surface area contributed by atoms with E-state index in [1.165, 1.54) is 52.8 Å². The minimum absolute atomic E-state index is 0.241. The number of methoxy groups -OCH3 is 1. The first kappa shape index (κ1) is 39.5. The smallest absolute Gasteiger partial charge is 0.178 e. The van der Waals surface area contributed by atoms with Gasteiger partial charge in [-0.3, -0.25) is 0 Å².